The summed E-state index contributed by atoms with van der Waals surface area (Å²) in [4.78, 5) is 13.0. The lowest BCUT2D eigenvalue weighted by Crippen LogP contribution is -2.26. The molecule has 2 aromatic rings. The van der Waals surface area contributed by atoms with Crippen molar-refractivity contribution in [2.45, 2.75) is 19.6 Å². The molecule has 1 aliphatic rings. The van der Waals surface area contributed by atoms with Gasteiger partial charge in [-0.05, 0) is 18.6 Å². The minimum Gasteiger partial charge on any atom is -0.484 e. The van der Waals surface area contributed by atoms with Crippen molar-refractivity contribution < 1.29 is 9.53 Å². The number of hydrogen-bond donors (Lipinski definition) is 0. The predicted octanol–water partition coefficient (Wildman–Crippen LogP) is 3.09. The molecule has 1 aliphatic heterocycles. The number of hydrogen-bond acceptors (Lipinski definition) is 2. The van der Waals surface area contributed by atoms with Crippen molar-refractivity contribution in [3.05, 3.63) is 65.2 Å². The lowest BCUT2D eigenvalue weighted by Gasteiger charge is -2.21. The van der Waals surface area contributed by atoms with E-state index in [0.29, 0.717) is 13.1 Å². The van der Waals surface area contributed by atoms with Crippen LogP contribution in [0.1, 0.15) is 22.8 Å². The molecule has 0 spiro atoms. The minimum atomic E-state index is -0.121. The van der Waals surface area contributed by atoms with Crippen LogP contribution in [0.25, 0.3) is 0 Å². The number of para-hydroxylation sites is 1. The van der Waals surface area contributed by atoms with E-state index in [4.69, 9.17) is 4.74 Å². The molecule has 1 unspecified atom stereocenters. The maximum atomic E-state index is 11.2. The Bertz CT molecular complexity index is 607. The fraction of sp³-hybridized carbons (Fsp3) is 0.235. The quantitative estimate of drug-likeness (QED) is 0.783. The van der Waals surface area contributed by atoms with E-state index in [1.54, 1.807) is 4.90 Å². The summed E-state index contributed by atoms with van der Waals surface area (Å²) in [5.41, 5.74) is 3.36. The predicted molar refractivity (Wildman–Crippen MR) is 77.5 cm³/mol. The number of amides is 1. The number of ether oxygens (including phenoxy) is 1. The third-order valence-electron chi connectivity index (χ3n) is 3.61. The van der Waals surface area contributed by atoms with Gasteiger partial charge in [0.05, 0.1) is 6.54 Å². The van der Waals surface area contributed by atoms with E-state index in [0.717, 1.165) is 23.3 Å². The number of rotatable bonds is 2. The second kappa shape index (κ2) is 5.37. The van der Waals surface area contributed by atoms with Gasteiger partial charge in [-0.25, -0.2) is 0 Å². The van der Waals surface area contributed by atoms with Gasteiger partial charge in [-0.15, -0.1) is 0 Å². The Morgan fingerprint density at radius 3 is 2.65 bits per heavy atom. The van der Waals surface area contributed by atoms with E-state index in [9.17, 15) is 4.79 Å². The molecular formula is C17H17NO2. The smallest absolute Gasteiger partial charge is 0.210 e. The van der Waals surface area contributed by atoms with E-state index in [1.807, 2.05) is 24.3 Å². The Morgan fingerprint density at radius 2 is 1.90 bits per heavy atom. The Kier molecular flexibility index (Phi) is 3.42. The first-order chi connectivity index (χ1) is 9.76. The highest BCUT2D eigenvalue weighted by molar-refractivity contribution is 5.49. The first-order valence-corrected chi connectivity index (χ1v) is 6.77. The average molecular weight is 267 g/mol. The monoisotopic (exact) mass is 267 g/mol. The fourth-order valence-electron chi connectivity index (χ4n) is 2.47. The molecule has 0 fully saturated rings. The standard InChI is InChI=1S/C17H17NO2/c1-13-6-8-14(9-7-13)17-11-18(12-19)10-15-4-2-3-5-16(15)20-17/h2-9,12,17H,10-11H2,1H3. The number of carbonyl (C=O) groups is 1. The van der Waals surface area contributed by atoms with Crippen molar-refractivity contribution in [3.8, 4) is 5.75 Å². The van der Waals surface area contributed by atoms with Crippen molar-refractivity contribution in [1.29, 1.82) is 0 Å². The van der Waals surface area contributed by atoms with Crippen LogP contribution in [0.3, 0.4) is 0 Å². The zero-order chi connectivity index (χ0) is 13.9. The van der Waals surface area contributed by atoms with Crippen LogP contribution in [0.5, 0.6) is 5.75 Å². The second-order valence-corrected chi connectivity index (χ2v) is 5.16. The van der Waals surface area contributed by atoms with Crippen LogP contribution in [0.2, 0.25) is 0 Å². The van der Waals surface area contributed by atoms with E-state index in [2.05, 4.69) is 31.2 Å². The lowest BCUT2D eigenvalue weighted by atomic mass is 10.1. The third kappa shape index (κ3) is 2.52. The van der Waals surface area contributed by atoms with Gasteiger partial charge < -0.3 is 9.64 Å². The van der Waals surface area contributed by atoms with Crippen molar-refractivity contribution in [2.75, 3.05) is 6.54 Å². The van der Waals surface area contributed by atoms with Gasteiger partial charge in [0.15, 0.2) is 0 Å². The molecule has 20 heavy (non-hydrogen) atoms. The van der Waals surface area contributed by atoms with Crippen molar-refractivity contribution in [3.63, 3.8) is 0 Å². The first-order valence-electron chi connectivity index (χ1n) is 6.77. The molecule has 0 saturated carbocycles. The van der Waals surface area contributed by atoms with Crippen LogP contribution < -0.4 is 4.74 Å². The van der Waals surface area contributed by atoms with Crippen LogP contribution in [0, 0.1) is 6.92 Å². The number of fused-ring (bicyclic) bond motifs is 1. The van der Waals surface area contributed by atoms with Gasteiger partial charge in [0, 0.05) is 12.1 Å². The van der Waals surface area contributed by atoms with Crippen molar-refractivity contribution in [2.24, 2.45) is 0 Å². The molecule has 102 valence electrons. The van der Waals surface area contributed by atoms with Crippen LogP contribution in [-0.4, -0.2) is 17.9 Å². The molecule has 0 saturated heterocycles. The molecule has 2 aromatic carbocycles. The highest BCUT2D eigenvalue weighted by atomic mass is 16.5. The number of carbonyl (C=O) groups excluding carboxylic acids is 1. The molecule has 0 aliphatic carbocycles. The van der Waals surface area contributed by atoms with Gasteiger partial charge in [-0.2, -0.15) is 0 Å². The zero-order valence-corrected chi connectivity index (χ0v) is 11.5. The number of aryl methyl sites for hydroxylation is 1. The molecule has 3 nitrogen and oxygen atoms in total. The maximum Gasteiger partial charge on any atom is 0.210 e. The van der Waals surface area contributed by atoms with Gasteiger partial charge in [-0.1, -0.05) is 48.0 Å². The third-order valence-corrected chi connectivity index (χ3v) is 3.61. The van der Waals surface area contributed by atoms with Gasteiger partial charge in [0.2, 0.25) is 6.41 Å². The van der Waals surface area contributed by atoms with E-state index in [1.165, 1.54) is 5.56 Å². The van der Waals surface area contributed by atoms with Crippen LogP contribution in [-0.2, 0) is 11.3 Å². The minimum absolute atomic E-state index is 0.121. The summed E-state index contributed by atoms with van der Waals surface area (Å²) in [6, 6.07) is 16.2. The Labute approximate surface area is 118 Å². The van der Waals surface area contributed by atoms with Gasteiger partial charge in [0.1, 0.15) is 11.9 Å². The summed E-state index contributed by atoms with van der Waals surface area (Å²) in [7, 11) is 0. The Balaban J connectivity index is 1.95. The summed E-state index contributed by atoms with van der Waals surface area (Å²) in [6.07, 6.45) is 0.775. The van der Waals surface area contributed by atoms with Crippen LogP contribution in [0.4, 0.5) is 0 Å². The highest BCUT2D eigenvalue weighted by Crippen LogP contribution is 2.30. The fourth-order valence-corrected chi connectivity index (χ4v) is 2.47. The topological polar surface area (TPSA) is 29.5 Å². The second-order valence-electron chi connectivity index (χ2n) is 5.16. The molecule has 0 aromatic heterocycles. The SMILES string of the molecule is Cc1ccc(C2CN(C=O)Cc3ccccc3O2)cc1. The molecule has 1 heterocycles. The summed E-state index contributed by atoms with van der Waals surface area (Å²) in [5.74, 6) is 0.863. The molecule has 3 heteroatoms. The van der Waals surface area contributed by atoms with Crippen molar-refractivity contribution in [1.82, 2.24) is 4.90 Å². The van der Waals surface area contributed by atoms with Gasteiger partial charge in [-0.3, -0.25) is 4.79 Å². The molecule has 1 atom stereocenters. The molecule has 1 amide bonds. The Hall–Kier alpha value is -2.29. The van der Waals surface area contributed by atoms with Gasteiger partial charge >= 0.3 is 0 Å². The first kappa shape index (κ1) is 12.7. The molecule has 0 N–H and O–H groups in total. The van der Waals surface area contributed by atoms with Crippen LogP contribution >= 0.6 is 0 Å². The summed E-state index contributed by atoms with van der Waals surface area (Å²) < 4.78 is 6.11. The van der Waals surface area contributed by atoms with E-state index < -0.39 is 0 Å². The lowest BCUT2D eigenvalue weighted by molar-refractivity contribution is -0.119. The highest BCUT2D eigenvalue weighted by Gasteiger charge is 2.23. The molecular weight excluding hydrogens is 250 g/mol. The normalized spacial score (nSPS) is 17.9. The summed E-state index contributed by atoms with van der Waals surface area (Å²) in [6.45, 7) is 3.23. The molecule has 0 bridgehead atoms. The van der Waals surface area contributed by atoms with Crippen LogP contribution in [0.15, 0.2) is 48.5 Å². The van der Waals surface area contributed by atoms with Gasteiger partial charge in [0.25, 0.3) is 0 Å². The number of nitrogens with zero attached hydrogens (tertiary/aromatic N) is 1. The molecule has 0 radical (unpaired) electrons. The average Bonchev–Trinajstić information content (AvgIpc) is 2.67. The maximum absolute atomic E-state index is 11.2. The zero-order valence-electron chi connectivity index (χ0n) is 11.5. The van der Waals surface area contributed by atoms with E-state index in [-0.39, 0.29) is 6.10 Å². The summed E-state index contributed by atoms with van der Waals surface area (Å²) >= 11 is 0. The number of benzene rings is 2. The van der Waals surface area contributed by atoms with Crippen molar-refractivity contribution >= 4 is 6.41 Å². The Morgan fingerprint density at radius 1 is 1.15 bits per heavy atom. The molecule has 3 rings (SSSR count). The largest absolute Gasteiger partial charge is 0.484 e. The summed E-state index contributed by atoms with van der Waals surface area (Å²) in [5, 5.41) is 0. The van der Waals surface area contributed by atoms with E-state index >= 15 is 0 Å².